The van der Waals surface area contributed by atoms with Gasteiger partial charge < -0.3 is 4.74 Å². The number of benzene rings is 1. The highest BCUT2D eigenvalue weighted by Crippen LogP contribution is 2.32. The molecule has 0 spiro atoms. The molecule has 1 aliphatic rings. The lowest BCUT2D eigenvalue weighted by molar-refractivity contribution is 0.189. The molecule has 0 aliphatic heterocycles. The van der Waals surface area contributed by atoms with Gasteiger partial charge in [0.25, 0.3) is 0 Å². The summed E-state index contributed by atoms with van der Waals surface area (Å²) in [5.41, 5.74) is 3.33. The summed E-state index contributed by atoms with van der Waals surface area (Å²) in [4.78, 5) is 16.8. The van der Waals surface area contributed by atoms with E-state index in [0.29, 0.717) is 13.2 Å². The fourth-order valence-corrected chi connectivity index (χ4v) is 4.43. The van der Waals surface area contributed by atoms with Gasteiger partial charge in [-0.15, -0.1) is 11.8 Å². The molecule has 0 radical (unpaired) electrons. The zero-order valence-corrected chi connectivity index (χ0v) is 15.3. The highest BCUT2D eigenvalue weighted by Gasteiger charge is 2.21. The standard InChI is InChI=1S/C18H21ClN2O2S/c1-23-11-5-10-21-16-9-4-7-14(16)17(20-18(21)22)24-12-13-6-2-3-8-15(13)19/h2-3,6,8H,4-5,7,9-12H2,1H3. The molecule has 0 saturated carbocycles. The van der Waals surface area contributed by atoms with Gasteiger partial charge in [0.1, 0.15) is 5.03 Å². The van der Waals surface area contributed by atoms with Crippen molar-refractivity contribution in [2.24, 2.45) is 0 Å². The van der Waals surface area contributed by atoms with E-state index in [-0.39, 0.29) is 5.69 Å². The van der Waals surface area contributed by atoms with E-state index >= 15 is 0 Å². The number of hydrogen-bond donors (Lipinski definition) is 0. The fraction of sp³-hybridized carbons (Fsp3) is 0.444. The Labute approximate surface area is 151 Å². The molecule has 24 heavy (non-hydrogen) atoms. The zero-order valence-electron chi connectivity index (χ0n) is 13.8. The molecule has 0 bridgehead atoms. The summed E-state index contributed by atoms with van der Waals surface area (Å²) in [5, 5.41) is 1.63. The lowest BCUT2D eigenvalue weighted by Gasteiger charge is -2.14. The molecule has 6 heteroatoms. The van der Waals surface area contributed by atoms with E-state index in [0.717, 1.165) is 52.7 Å². The Bertz CT molecular complexity index is 776. The summed E-state index contributed by atoms with van der Waals surface area (Å²) in [6.45, 7) is 1.34. The van der Waals surface area contributed by atoms with Crippen molar-refractivity contribution in [3.05, 3.63) is 56.6 Å². The van der Waals surface area contributed by atoms with Gasteiger partial charge in [-0.1, -0.05) is 29.8 Å². The van der Waals surface area contributed by atoms with Crippen LogP contribution in [0.3, 0.4) is 0 Å². The van der Waals surface area contributed by atoms with Crippen molar-refractivity contribution in [3.8, 4) is 0 Å². The monoisotopic (exact) mass is 364 g/mol. The Balaban J connectivity index is 1.82. The van der Waals surface area contributed by atoms with Crippen molar-refractivity contribution in [2.75, 3.05) is 13.7 Å². The minimum absolute atomic E-state index is 0.145. The van der Waals surface area contributed by atoms with Gasteiger partial charge in [0.05, 0.1) is 0 Å². The highest BCUT2D eigenvalue weighted by atomic mass is 35.5. The summed E-state index contributed by atoms with van der Waals surface area (Å²) >= 11 is 7.83. The van der Waals surface area contributed by atoms with Crippen LogP contribution in [0, 0.1) is 0 Å². The largest absolute Gasteiger partial charge is 0.385 e. The highest BCUT2D eigenvalue weighted by molar-refractivity contribution is 7.98. The molecule has 0 atom stereocenters. The predicted octanol–water partition coefficient (Wildman–Crippen LogP) is 3.71. The maximum Gasteiger partial charge on any atom is 0.348 e. The minimum atomic E-state index is -0.145. The Kier molecular flexibility index (Phi) is 5.98. The van der Waals surface area contributed by atoms with Crippen LogP contribution in [0.4, 0.5) is 0 Å². The van der Waals surface area contributed by atoms with Gasteiger partial charge in [-0.3, -0.25) is 4.57 Å². The smallest absolute Gasteiger partial charge is 0.348 e. The summed E-state index contributed by atoms with van der Waals surface area (Å²) in [7, 11) is 1.68. The third-order valence-corrected chi connectivity index (χ3v) is 5.69. The third-order valence-electron chi connectivity index (χ3n) is 4.25. The quantitative estimate of drug-likeness (QED) is 0.426. The number of nitrogens with zero attached hydrogens (tertiary/aromatic N) is 2. The van der Waals surface area contributed by atoms with E-state index in [1.807, 2.05) is 28.8 Å². The van der Waals surface area contributed by atoms with Crippen LogP contribution in [-0.4, -0.2) is 23.3 Å². The van der Waals surface area contributed by atoms with Gasteiger partial charge in [-0.25, -0.2) is 4.79 Å². The second kappa shape index (κ2) is 8.19. The molecule has 0 N–H and O–H groups in total. The average Bonchev–Trinajstić information content (AvgIpc) is 3.06. The molecule has 1 aromatic heterocycles. The van der Waals surface area contributed by atoms with Crippen LogP contribution in [0.1, 0.15) is 29.7 Å². The van der Waals surface area contributed by atoms with E-state index in [1.165, 1.54) is 5.56 Å². The van der Waals surface area contributed by atoms with Crippen molar-refractivity contribution in [3.63, 3.8) is 0 Å². The molecule has 3 rings (SSSR count). The molecule has 128 valence electrons. The maximum absolute atomic E-state index is 12.4. The van der Waals surface area contributed by atoms with Gasteiger partial charge in [-0.05, 0) is 37.3 Å². The molecule has 0 saturated heterocycles. The van der Waals surface area contributed by atoms with Crippen molar-refractivity contribution in [1.29, 1.82) is 0 Å². The van der Waals surface area contributed by atoms with Gasteiger partial charge in [0, 0.05) is 42.3 Å². The first kappa shape index (κ1) is 17.5. The lowest BCUT2D eigenvalue weighted by atomic mass is 10.2. The van der Waals surface area contributed by atoms with Crippen molar-refractivity contribution >= 4 is 23.4 Å². The number of rotatable bonds is 7. The topological polar surface area (TPSA) is 44.1 Å². The normalized spacial score (nSPS) is 13.2. The van der Waals surface area contributed by atoms with E-state index in [2.05, 4.69) is 4.98 Å². The Morgan fingerprint density at radius 1 is 1.33 bits per heavy atom. The first-order valence-electron chi connectivity index (χ1n) is 8.18. The molecule has 1 heterocycles. The summed E-state index contributed by atoms with van der Waals surface area (Å²) in [6, 6.07) is 7.81. The molecule has 4 nitrogen and oxygen atoms in total. The van der Waals surface area contributed by atoms with E-state index < -0.39 is 0 Å². The third kappa shape index (κ3) is 3.85. The number of thioether (sulfide) groups is 1. The van der Waals surface area contributed by atoms with Gasteiger partial charge in [0.15, 0.2) is 0 Å². The number of fused-ring (bicyclic) bond motifs is 1. The van der Waals surface area contributed by atoms with E-state index in [1.54, 1.807) is 18.9 Å². The molecule has 0 amide bonds. The number of methoxy groups -OCH3 is 1. The second-order valence-corrected chi connectivity index (χ2v) is 7.23. The maximum atomic E-state index is 12.4. The van der Waals surface area contributed by atoms with Crippen LogP contribution in [0.15, 0.2) is 34.1 Å². The molecule has 1 aromatic carbocycles. The average molecular weight is 365 g/mol. The minimum Gasteiger partial charge on any atom is -0.385 e. The molecule has 1 aliphatic carbocycles. The van der Waals surface area contributed by atoms with Crippen molar-refractivity contribution in [1.82, 2.24) is 9.55 Å². The lowest BCUT2D eigenvalue weighted by Crippen LogP contribution is -2.27. The van der Waals surface area contributed by atoms with Crippen LogP contribution >= 0.6 is 23.4 Å². The number of halogens is 1. The second-order valence-electron chi connectivity index (χ2n) is 5.86. The Morgan fingerprint density at radius 2 is 2.17 bits per heavy atom. The SMILES string of the molecule is COCCCn1c2c(c(SCc3ccccc3Cl)nc1=O)CCC2. The van der Waals surface area contributed by atoms with Gasteiger partial charge in [0.2, 0.25) is 0 Å². The summed E-state index contributed by atoms with van der Waals surface area (Å²) < 4.78 is 6.93. The summed E-state index contributed by atoms with van der Waals surface area (Å²) in [5.74, 6) is 0.728. The first-order valence-corrected chi connectivity index (χ1v) is 9.55. The number of hydrogen-bond acceptors (Lipinski definition) is 4. The predicted molar refractivity (Wildman–Crippen MR) is 98.0 cm³/mol. The molecular formula is C18H21ClN2O2S. The van der Waals surface area contributed by atoms with Crippen molar-refractivity contribution in [2.45, 2.75) is 43.0 Å². The number of aromatic nitrogens is 2. The summed E-state index contributed by atoms with van der Waals surface area (Å²) in [6.07, 6.45) is 3.87. The van der Waals surface area contributed by atoms with Crippen LogP contribution < -0.4 is 5.69 Å². The van der Waals surface area contributed by atoms with Crippen LogP contribution in [-0.2, 0) is 29.9 Å². The van der Waals surface area contributed by atoms with E-state index in [9.17, 15) is 4.79 Å². The van der Waals surface area contributed by atoms with E-state index in [4.69, 9.17) is 16.3 Å². The molecule has 2 aromatic rings. The zero-order chi connectivity index (χ0) is 16.9. The van der Waals surface area contributed by atoms with Gasteiger partial charge in [-0.2, -0.15) is 4.98 Å². The van der Waals surface area contributed by atoms with Crippen molar-refractivity contribution < 1.29 is 4.74 Å². The molecule has 0 fully saturated rings. The van der Waals surface area contributed by atoms with Crippen LogP contribution in [0.25, 0.3) is 0 Å². The Hall–Kier alpha value is -1.30. The van der Waals surface area contributed by atoms with Gasteiger partial charge >= 0.3 is 5.69 Å². The molecule has 0 unspecified atom stereocenters. The Morgan fingerprint density at radius 3 is 2.96 bits per heavy atom. The first-order chi connectivity index (χ1) is 11.7. The number of ether oxygens (including phenoxy) is 1. The van der Waals surface area contributed by atoms with Crippen LogP contribution in [0.2, 0.25) is 5.02 Å². The fourth-order valence-electron chi connectivity index (χ4n) is 3.06. The van der Waals surface area contributed by atoms with Crippen LogP contribution in [0.5, 0.6) is 0 Å². The molecular weight excluding hydrogens is 344 g/mol.